The molecule has 0 aliphatic heterocycles. The van der Waals surface area contributed by atoms with E-state index in [1.165, 1.54) is 12.7 Å². The molecule has 25 heavy (non-hydrogen) atoms. The van der Waals surface area contributed by atoms with Crippen LogP contribution in [0.25, 0.3) is 0 Å². The number of carbonyl (C=O) groups excluding carboxylic acids is 1. The molecule has 0 heterocycles. The number of nitrogens with one attached hydrogen (secondary N) is 1. The summed E-state index contributed by atoms with van der Waals surface area (Å²) >= 11 is 0. The smallest absolute Gasteiger partial charge is 0.337 e. The van der Waals surface area contributed by atoms with Gasteiger partial charge in [0.05, 0.1) is 18.7 Å². The fourth-order valence-electron chi connectivity index (χ4n) is 2.80. The Kier molecular flexibility index (Phi) is 5.47. The second kappa shape index (κ2) is 8.15. The molecule has 0 aliphatic carbocycles. The maximum absolute atomic E-state index is 11.6. The predicted octanol–water partition coefficient (Wildman–Crippen LogP) is 4.87. The summed E-state index contributed by atoms with van der Waals surface area (Å²) in [5.41, 5.74) is 4.04. The average Bonchev–Trinajstić information content (AvgIpc) is 2.69. The lowest BCUT2D eigenvalue weighted by Gasteiger charge is -2.21. The van der Waals surface area contributed by atoms with E-state index in [0.29, 0.717) is 5.56 Å². The first-order chi connectivity index (χ1) is 12.3. The normalized spacial score (nSPS) is 11.6. The van der Waals surface area contributed by atoms with E-state index in [1.807, 2.05) is 48.5 Å². The number of hydrogen-bond acceptors (Lipinski definition) is 3. The molecule has 3 aromatic rings. The maximum Gasteiger partial charge on any atom is 0.337 e. The highest BCUT2D eigenvalue weighted by molar-refractivity contribution is 5.89. The molecule has 0 aliphatic rings. The van der Waals surface area contributed by atoms with Crippen LogP contribution in [0.2, 0.25) is 0 Å². The van der Waals surface area contributed by atoms with Crippen molar-refractivity contribution < 1.29 is 9.53 Å². The quantitative estimate of drug-likeness (QED) is 0.655. The number of anilines is 1. The van der Waals surface area contributed by atoms with Gasteiger partial charge in [-0.1, -0.05) is 60.7 Å². The number of rotatable bonds is 6. The van der Waals surface area contributed by atoms with Gasteiger partial charge in [-0.2, -0.15) is 0 Å². The van der Waals surface area contributed by atoms with E-state index in [1.54, 1.807) is 0 Å². The van der Waals surface area contributed by atoms with Crippen LogP contribution in [0.3, 0.4) is 0 Å². The molecular weight excluding hydrogens is 310 g/mol. The fourth-order valence-corrected chi connectivity index (χ4v) is 2.80. The van der Waals surface area contributed by atoms with Crippen molar-refractivity contribution in [2.24, 2.45) is 0 Å². The Hall–Kier alpha value is -3.07. The van der Waals surface area contributed by atoms with E-state index in [-0.39, 0.29) is 12.0 Å². The lowest BCUT2D eigenvalue weighted by Crippen LogP contribution is -2.13. The van der Waals surface area contributed by atoms with Crippen LogP contribution in [-0.4, -0.2) is 13.1 Å². The number of methoxy groups -OCH3 is 1. The van der Waals surface area contributed by atoms with E-state index in [0.717, 1.165) is 17.7 Å². The van der Waals surface area contributed by atoms with Crippen LogP contribution in [0.5, 0.6) is 0 Å². The molecule has 0 aromatic heterocycles. The van der Waals surface area contributed by atoms with Crippen LogP contribution in [-0.2, 0) is 11.2 Å². The van der Waals surface area contributed by atoms with Gasteiger partial charge in [-0.3, -0.25) is 0 Å². The Balaban J connectivity index is 1.81. The third-order valence-electron chi connectivity index (χ3n) is 4.13. The van der Waals surface area contributed by atoms with Gasteiger partial charge in [0.15, 0.2) is 0 Å². The lowest BCUT2D eigenvalue weighted by molar-refractivity contribution is 0.0600. The van der Waals surface area contributed by atoms with Crippen molar-refractivity contribution in [1.82, 2.24) is 0 Å². The van der Waals surface area contributed by atoms with Gasteiger partial charge < -0.3 is 10.1 Å². The number of esters is 1. The van der Waals surface area contributed by atoms with Crippen molar-refractivity contribution in [3.63, 3.8) is 0 Å². The van der Waals surface area contributed by atoms with Gasteiger partial charge in [-0.15, -0.1) is 0 Å². The molecule has 126 valence electrons. The zero-order valence-corrected chi connectivity index (χ0v) is 14.2. The summed E-state index contributed by atoms with van der Waals surface area (Å²) < 4.78 is 4.75. The van der Waals surface area contributed by atoms with Crippen LogP contribution in [0.4, 0.5) is 5.69 Å². The minimum Gasteiger partial charge on any atom is -0.465 e. The highest BCUT2D eigenvalue weighted by Gasteiger charge is 2.13. The molecule has 0 bridgehead atoms. The summed E-state index contributed by atoms with van der Waals surface area (Å²) in [7, 11) is 1.39. The number of benzene rings is 3. The monoisotopic (exact) mass is 331 g/mol. The molecule has 3 aromatic carbocycles. The summed E-state index contributed by atoms with van der Waals surface area (Å²) in [5, 5.41) is 3.60. The highest BCUT2D eigenvalue weighted by atomic mass is 16.5. The Morgan fingerprint density at radius 3 is 2.08 bits per heavy atom. The largest absolute Gasteiger partial charge is 0.465 e. The zero-order chi connectivity index (χ0) is 17.5. The topological polar surface area (TPSA) is 38.3 Å². The molecule has 0 saturated heterocycles. The fraction of sp³-hybridized carbons (Fsp3) is 0.136. The van der Waals surface area contributed by atoms with E-state index in [4.69, 9.17) is 4.74 Å². The molecule has 1 atom stereocenters. The van der Waals surface area contributed by atoms with E-state index >= 15 is 0 Å². The molecular formula is C22H21NO2. The van der Waals surface area contributed by atoms with E-state index in [9.17, 15) is 4.79 Å². The number of para-hydroxylation sites is 1. The van der Waals surface area contributed by atoms with Gasteiger partial charge in [0.25, 0.3) is 0 Å². The van der Waals surface area contributed by atoms with Gasteiger partial charge in [-0.05, 0) is 41.8 Å². The summed E-state index contributed by atoms with van der Waals surface area (Å²) in [6.45, 7) is 0. The standard InChI is InChI=1S/C22H21NO2/c1-25-22(24)19-14-12-17(13-15-19)16-21(18-8-4-2-5-9-18)23-20-10-6-3-7-11-20/h2-15,21,23H,16H2,1H3. The van der Waals surface area contributed by atoms with Crippen LogP contribution < -0.4 is 5.32 Å². The Bertz CT molecular complexity index is 798. The molecule has 0 amide bonds. The van der Waals surface area contributed by atoms with Gasteiger partial charge in [-0.25, -0.2) is 4.79 Å². The molecule has 3 nitrogen and oxygen atoms in total. The minimum atomic E-state index is -0.312. The highest BCUT2D eigenvalue weighted by Crippen LogP contribution is 2.23. The molecule has 1 unspecified atom stereocenters. The van der Waals surface area contributed by atoms with Crippen molar-refractivity contribution in [2.45, 2.75) is 12.5 Å². The Labute approximate surface area is 148 Å². The lowest BCUT2D eigenvalue weighted by atomic mass is 9.98. The SMILES string of the molecule is COC(=O)c1ccc(CC(Nc2ccccc2)c2ccccc2)cc1. The van der Waals surface area contributed by atoms with Crippen molar-refractivity contribution in [1.29, 1.82) is 0 Å². The number of carbonyl (C=O) groups is 1. The molecule has 3 heteroatoms. The van der Waals surface area contributed by atoms with Crippen molar-refractivity contribution >= 4 is 11.7 Å². The molecule has 0 fully saturated rings. The summed E-state index contributed by atoms with van der Waals surface area (Å²) in [6, 6.07) is 28.3. The molecule has 0 spiro atoms. The van der Waals surface area contributed by atoms with Crippen molar-refractivity contribution in [3.8, 4) is 0 Å². The van der Waals surface area contributed by atoms with Crippen LogP contribution in [0, 0.1) is 0 Å². The summed E-state index contributed by atoms with van der Waals surface area (Å²) in [6.07, 6.45) is 0.820. The first-order valence-electron chi connectivity index (χ1n) is 8.30. The maximum atomic E-state index is 11.6. The molecule has 1 N–H and O–H groups in total. The predicted molar refractivity (Wildman–Crippen MR) is 101 cm³/mol. The van der Waals surface area contributed by atoms with Crippen molar-refractivity contribution in [2.75, 3.05) is 12.4 Å². The average molecular weight is 331 g/mol. The molecule has 0 saturated carbocycles. The van der Waals surface area contributed by atoms with E-state index in [2.05, 4.69) is 41.7 Å². The van der Waals surface area contributed by atoms with Crippen LogP contribution >= 0.6 is 0 Å². The second-order valence-electron chi connectivity index (χ2n) is 5.87. The minimum absolute atomic E-state index is 0.146. The van der Waals surface area contributed by atoms with Gasteiger partial charge in [0.2, 0.25) is 0 Å². The van der Waals surface area contributed by atoms with Gasteiger partial charge in [0, 0.05) is 5.69 Å². The van der Waals surface area contributed by atoms with E-state index < -0.39 is 0 Å². The summed E-state index contributed by atoms with van der Waals surface area (Å²) in [5.74, 6) is -0.312. The van der Waals surface area contributed by atoms with Crippen molar-refractivity contribution in [3.05, 3.63) is 102 Å². The first kappa shape index (κ1) is 16.8. The first-order valence-corrected chi connectivity index (χ1v) is 8.30. The third kappa shape index (κ3) is 4.48. The number of ether oxygens (including phenoxy) is 1. The molecule has 0 radical (unpaired) electrons. The Morgan fingerprint density at radius 2 is 1.48 bits per heavy atom. The third-order valence-corrected chi connectivity index (χ3v) is 4.13. The van der Waals surface area contributed by atoms with Crippen LogP contribution in [0.1, 0.15) is 27.5 Å². The van der Waals surface area contributed by atoms with Crippen LogP contribution in [0.15, 0.2) is 84.9 Å². The van der Waals surface area contributed by atoms with Gasteiger partial charge in [0.1, 0.15) is 0 Å². The summed E-state index contributed by atoms with van der Waals surface area (Å²) in [4.78, 5) is 11.6. The molecule has 3 rings (SSSR count). The van der Waals surface area contributed by atoms with Gasteiger partial charge >= 0.3 is 5.97 Å². The Morgan fingerprint density at radius 1 is 0.880 bits per heavy atom. The second-order valence-corrected chi connectivity index (χ2v) is 5.87. The zero-order valence-electron chi connectivity index (χ0n) is 14.2. The number of hydrogen-bond donors (Lipinski definition) is 1.